The van der Waals surface area contributed by atoms with Crippen molar-refractivity contribution in [1.29, 1.82) is 0 Å². The number of ether oxygens (including phenoxy) is 3. The first-order valence-corrected chi connectivity index (χ1v) is 7.16. The van der Waals surface area contributed by atoms with Crippen molar-refractivity contribution >= 4 is 6.21 Å². The van der Waals surface area contributed by atoms with Crippen molar-refractivity contribution in [3.05, 3.63) is 29.8 Å². The summed E-state index contributed by atoms with van der Waals surface area (Å²) < 4.78 is 16.4. The number of hydrogen-bond acceptors (Lipinski definition) is 7. The van der Waals surface area contributed by atoms with Crippen LogP contribution in [0.3, 0.4) is 0 Å². The Kier molecular flexibility index (Phi) is 4.42. The number of hydrogen-bond donors (Lipinski definition) is 3. The topological polar surface area (TPSA) is 101 Å². The highest BCUT2D eigenvalue weighted by atomic mass is 16.7. The molecular formula is C15H19NO6. The third-order valence-corrected chi connectivity index (χ3v) is 3.80. The van der Waals surface area contributed by atoms with E-state index in [2.05, 4.69) is 4.99 Å². The summed E-state index contributed by atoms with van der Waals surface area (Å²) >= 11 is 0. The van der Waals surface area contributed by atoms with Gasteiger partial charge in [0.25, 0.3) is 0 Å². The monoisotopic (exact) mass is 309 g/mol. The van der Waals surface area contributed by atoms with Crippen molar-refractivity contribution in [2.75, 3.05) is 6.61 Å². The predicted molar refractivity (Wildman–Crippen MR) is 76.7 cm³/mol. The lowest BCUT2D eigenvalue weighted by molar-refractivity contribution is -0.319. The van der Waals surface area contributed by atoms with E-state index in [4.69, 9.17) is 14.2 Å². The fourth-order valence-electron chi connectivity index (χ4n) is 2.59. The van der Waals surface area contributed by atoms with Gasteiger partial charge in [-0.3, -0.25) is 4.99 Å². The molecule has 3 N–H and O–H groups in total. The van der Waals surface area contributed by atoms with E-state index >= 15 is 0 Å². The highest BCUT2D eigenvalue weighted by molar-refractivity contribution is 5.83. The van der Waals surface area contributed by atoms with Gasteiger partial charge in [0.15, 0.2) is 12.5 Å². The standard InChI is InChI=1S/C15H19NO6/c1-8-20-7-11-14(21-8)12(18)13(19)15(22-11)16-6-9-4-2-3-5-10(9)17/h2-6,8,11-15,17-19H,7H2,1H3/b16-6+/t8?,11-,12-,13-,14-,15-/m1/s1. The Morgan fingerprint density at radius 1 is 1.18 bits per heavy atom. The van der Waals surface area contributed by atoms with Gasteiger partial charge in [-0.2, -0.15) is 0 Å². The second-order valence-corrected chi connectivity index (χ2v) is 5.38. The minimum Gasteiger partial charge on any atom is -0.507 e. The summed E-state index contributed by atoms with van der Waals surface area (Å²) in [6, 6.07) is 6.68. The van der Waals surface area contributed by atoms with Crippen LogP contribution < -0.4 is 0 Å². The SMILES string of the molecule is CC1OC[C@H]2O[C@@H](/N=C/c3ccccc3O)[C@H](O)[C@@H](O)[C@@H]2O1. The molecule has 0 bridgehead atoms. The van der Waals surface area contributed by atoms with Crippen LogP contribution in [0.2, 0.25) is 0 Å². The minimum absolute atomic E-state index is 0.0770. The zero-order chi connectivity index (χ0) is 15.7. The molecule has 0 spiro atoms. The van der Waals surface area contributed by atoms with E-state index in [1.165, 1.54) is 12.3 Å². The molecule has 2 saturated heterocycles. The second-order valence-electron chi connectivity index (χ2n) is 5.38. The van der Waals surface area contributed by atoms with Gasteiger partial charge < -0.3 is 29.5 Å². The molecule has 2 aliphatic heterocycles. The smallest absolute Gasteiger partial charge is 0.177 e. The highest BCUT2D eigenvalue weighted by Gasteiger charge is 2.47. The molecule has 0 saturated carbocycles. The number of aromatic hydroxyl groups is 1. The van der Waals surface area contributed by atoms with Gasteiger partial charge in [0.05, 0.1) is 6.61 Å². The van der Waals surface area contributed by atoms with E-state index in [-0.39, 0.29) is 12.4 Å². The van der Waals surface area contributed by atoms with Crippen molar-refractivity contribution in [3.63, 3.8) is 0 Å². The number of fused-ring (bicyclic) bond motifs is 1. The molecule has 0 amide bonds. The van der Waals surface area contributed by atoms with Gasteiger partial charge in [-0.25, -0.2) is 0 Å². The zero-order valence-corrected chi connectivity index (χ0v) is 12.1. The molecule has 2 fully saturated rings. The number of aliphatic imine (C=N–C) groups is 1. The number of para-hydroxylation sites is 1. The van der Waals surface area contributed by atoms with Crippen molar-refractivity contribution in [2.45, 2.75) is 43.9 Å². The summed E-state index contributed by atoms with van der Waals surface area (Å²) in [6.45, 7) is 1.98. The van der Waals surface area contributed by atoms with Crippen LogP contribution in [0, 0.1) is 0 Å². The summed E-state index contributed by atoms with van der Waals surface area (Å²) in [7, 11) is 0. The lowest BCUT2D eigenvalue weighted by Gasteiger charge is -2.44. The lowest BCUT2D eigenvalue weighted by atomic mass is 9.97. The molecular weight excluding hydrogens is 290 g/mol. The number of phenolic OH excluding ortho intramolecular Hbond substituents is 1. The normalized spacial score (nSPS) is 38.9. The molecule has 3 rings (SSSR count). The van der Waals surface area contributed by atoms with Gasteiger partial charge in [0, 0.05) is 11.8 Å². The number of benzene rings is 1. The minimum atomic E-state index is -1.21. The van der Waals surface area contributed by atoms with Crippen molar-refractivity contribution < 1.29 is 29.5 Å². The average Bonchev–Trinajstić information content (AvgIpc) is 2.51. The van der Waals surface area contributed by atoms with Gasteiger partial charge >= 0.3 is 0 Å². The lowest BCUT2D eigenvalue weighted by Crippen LogP contribution is -2.62. The number of nitrogens with zero attached hydrogens (tertiary/aromatic N) is 1. The van der Waals surface area contributed by atoms with Crippen LogP contribution in [0.25, 0.3) is 0 Å². The summed E-state index contributed by atoms with van der Waals surface area (Å²) in [6.07, 6.45) is -3.46. The van der Waals surface area contributed by atoms with E-state index in [9.17, 15) is 15.3 Å². The van der Waals surface area contributed by atoms with Crippen LogP contribution in [0.4, 0.5) is 0 Å². The van der Waals surface area contributed by atoms with Crippen LogP contribution in [0.1, 0.15) is 12.5 Å². The first-order chi connectivity index (χ1) is 10.6. The van der Waals surface area contributed by atoms with Crippen LogP contribution >= 0.6 is 0 Å². The van der Waals surface area contributed by atoms with Crippen LogP contribution in [-0.2, 0) is 14.2 Å². The summed E-state index contributed by atoms with van der Waals surface area (Å²) in [5.74, 6) is 0.0770. The third kappa shape index (κ3) is 2.99. The van der Waals surface area contributed by atoms with Crippen LogP contribution in [0.15, 0.2) is 29.3 Å². The number of aliphatic hydroxyl groups excluding tert-OH is 2. The largest absolute Gasteiger partial charge is 0.507 e. The molecule has 0 aromatic heterocycles. The molecule has 2 aliphatic rings. The van der Waals surface area contributed by atoms with Gasteiger partial charge in [-0.05, 0) is 19.1 Å². The Morgan fingerprint density at radius 2 is 1.95 bits per heavy atom. The van der Waals surface area contributed by atoms with E-state index in [1.807, 2.05) is 0 Å². The average molecular weight is 309 g/mol. The third-order valence-electron chi connectivity index (χ3n) is 3.80. The summed E-state index contributed by atoms with van der Waals surface area (Å²) in [5.41, 5.74) is 0.500. The van der Waals surface area contributed by atoms with E-state index in [0.29, 0.717) is 5.56 Å². The number of rotatable bonds is 2. The van der Waals surface area contributed by atoms with Gasteiger partial charge in [0.1, 0.15) is 30.2 Å². The van der Waals surface area contributed by atoms with Gasteiger partial charge in [-0.15, -0.1) is 0 Å². The Balaban J connectivity index is 1.74. The molecule has 1 unspecified atom stereocenters. The Labute approximate surface area is 127 Å². The highest BCUT2D eigenvalue weighted by Crippen LogP contribution is 2.28. The van der Waals surface area contributed by atoms with Crippen LogP contribution in [0.5, 0.6) is 5.75 Å². The van der Waals surface area contributed by atoms with E-state index < -0.39 is 36.9 Å². The summed E-state index contributed by atoms with van der Waals surface area (Å²) in [5, 5.41) is 30.0. The fourth-order valence-corrected chi connectivity index (χ4v) is 2.59. The predicted octanol–water partition coefficient (Wildman–Crippen LogP) is 0.0192. The Morgan fingerprint density at radius 3 is 2.73 bits per heavy atom. The molecule has 7 nitrogen and oxygen atoms in total. The maximum atomic E-state index is 10.2. The van der Waals surface area contributed by atoms with Crippen molar-refractivity contribution in [3.8, 4) is 5.75 Å². The van der Waals surface area contributed by atoms with E-state index in [0.717, 1.165) is 0 Å². The molecule has 0 radical (unpaired) electrons. The molecule has 120 valence electrons. The van der Waals surface area contributed by atoms with Gasteiger partial charge in [0.2, 0.25) is 0 Å². The van der Waals surface area contributed by atoms with Crippen molar-refractivity contribution in [2.24, 2.45) is 4.99 Å². The molecule has 0 aliphatic carbocycles. The summed E-state index contributed by atoms with van der Waals surface area (Å²) in [4.78, 5) is 4.13. The maximum Gasteiger partial charge on any atom is 0.177 e. The Bertz CT molecular complexity index is 549. The first-order valence-electron chi connectivity index (χ1n) is 7.16. The fraction of sp³-hybridized carbons (Fsp3) is 0.533. The quantitative estimate of drug-likeness (QED) is 0.666. The van der Waals surface area contributed by atoms with Crippen molar-refractivity contribution in [1.82, 2.24) is 0 Å². The Hall–Kier alpha value is -1.51. The number of phenols is 1. The number of aliphatic hydroxyl groups is 2. The molecule has 2 heterocycles. The second kappa shape index (κ2) is 6.31. The molecule has 7 heteroatoms. The maximum absolute atomic E-state index is 10.2. The zero-order valence-electron chi connectivity index (χ0n) is 12.1. The molecule has 1 aromatic rings. The molecule has 1 aromatic carbocycles. The van der Waals surface area contributed by atoms with Crippen LogP contribution in [-0.4, -0.2) is 65.1 Å². The molecule has 6 atom stereocenters. The first kappa shape index (κ1) is 15.4. The molecule has 22 heavy (non-hydrogen) atoms. The van der Waals surface area contributed by atoms with Gasteiger partial charge in [-0.1, -0.05) is 12.1 Å². The van der Waals surface area contributed by atoms with E-state index in [1.54, 1.807) is 25.1 Å².